The summed E-state index contributed by atoms with van der Waals surface area (Å²) in [7, 11) is 2.19. The molecule has 1 aromatic carbocycles. The maximum Gasteiger partial charge on any atom is 0.261 e. The normalized spacial score (nSPS) is 18.5. The molecule has 0 amide bonds. The van der Waals surface area contributed by atoms with E-state index in [9.17, 15) is 9.00 Å². The van der Waals surface area contributed by atoms with Crippen LogP contribution >= 0.6 is 0 Å². The Morgan fingerprint density at radius 2 is 1.96 bits per heavy atom. The second kappa shape index (κ2) is 6.79. The van der Waals surface area contributed by atoms with E-state index in [0.29, 0.717) is 16.7 Å². The van der Waals surface area contributed by atoms with Crippen molar-refractivity contribution in [1.29, 1.82) is 0 Å². The number of fused-ring (bicyclic) bond motifs is 1. The monoisotopic (exact) mass is 391 g/mol. The van der Waals surface area contributed by atoms with E-state index in [1.165, 1.54) is 0 Å². The van der Waals surface area contributed by atoms with Crippen LogP contribution in [-0.2, 0) is 28.4 Å². The zero-order chi connectivity index (χ0) is 20.1. The van der Waals surface area contributed by atoms with Crippen LogP contribution in [0.5, 0.6) is 0 Å². The van der Waals surface area contributed by atoms with E-state index < -0.39 is 16.6 Å². The molecule has 2 atom stereocenters. The third-order valence-corrected chi connectivity index (χ3v) is 6.84. The van der Waals surface area contributed by atoms with Gasteiger partial charge in [-0.3, -0.25) is 9.36 Å². The largest absolute Gasteiger partial charge is 0.370 e. The number of aromatic nitrogens is 2. The minimum absolute atomic E-state index is 0.0765. The molecule has 1 saturated carbocycles. The van der Waals surface area contributed by atoms with Crippen LogP contribution in [0.4, 0.5) is 0 Å². The van der Waals surface area contributed by atoms with Gasteiger partial charge in [0.15, 0.2) is 0 Å². The number of ether oxygens (including phenoxy) is 1. The highest BCUT2D eigenvalue weighted by Crippen LogP contribution is 2.47. The number of rotatable bonds is 5. The quantitative estimate of drug-likeness (QED) is 0.850. The summed E-state index contributed by atoms with van der Waals surface area (Å²) in [6.45, 7) is 9.71. The van der Waals surface area contributed by atoms with Crippen molar-refractivity contribution in [3.8, 4) is 0 Å². The third kappa shape index (κ3) is 3.60. The molecule has 2 aromatic rings. The number of benzene rings is 1. The molecule has 1 aromatic heterocycles. The van der Waals surface area contributed by atoms with Crippen molar-refractivity contribution in [1.82, 2.24) is 14.3 Å². The minimum Gasteiger partial charge on any atom is -0.370 e. The summed E-state index contributed by atoms with van der Waals surface area (Å²) in [5, 5.41) is 0.582. The van der Waals surface area contributed by atoms with Crippen LogP contribution in [0.25, 0.3) is 10.9 Å². The number of nitrogens with one attached hydrogen (secondary N) is 1. The summed E-state index contributed by atoms with van der Waals surface area (Å²) >= 11 is 0. The molecule has 3 rings (SSSR count). The van der Waals surface area contributed by atoms with E-state index in [4.69, 9.17) is 9.72 Å². The van der Waals surface area contributed by atoms with E-state index in [-0.39, 0.29) is 16.3 Å². The Morgan fingerprint density at radius 3 is 2.48 bits per heavy atom. The summed E-state index contributed by atoms with van der Waals surface area (Å²) in [6.07, 6.45) is 1.72. The molecule has 6 nitrogen and oxygen atoms in total. The smallest absolute Gasteiger partial charge is 0.261 e. The van der Waals surface area contributed by atoms with Gasteiger partial charge in [0.1, 0.15) is 11.4 Å². The first-order valence-electron chi connectivity index (χ1n) is 9.25. The van der Waals surface area contributed by atoms with Gasteiger partial charge in [-0.05, 0) is 64.7 Å². The number of hydrogen-bond acceptors (Lipinski definition) is 4. The summed E-state index contributed by atoms with van der Waals surface area (Å²) < 4.78 is 22.6. The molecule has 1 aliphatic rings. The fourth-order valence-electron chi connectivity index (χ4n) is 3.32. The maximum atomic E-state index is 13.0. The van der Waals surface area contributed by atoms with Gasteiger partial charge in [0, 0.05) is 20.2 Å². The van der Waals surface area contributed by atoms with Crippen molar-refractivity contribution < 1.29 is 8.95 Å². The van der Waals surface area contributed by atoms with Gasteiger partial charge in [-0.25, -0.2) is 13.9 Å². The highest BCUT2D eigenvalue weighted by atomic mass is 32.2. The molecule has 148 valence electrons. The van der Waals surface area contributed by atoms with Gasteiger partial charge in [-0.2, -0.15) is 0 Å². The van der Waals surface area contributed by atoms with E-state index in [2.05, 4.69) is 4.72 Å². The molecule has 0 aliphatic heterocycles. The lowest BCUT2D eigenvalue weighted by Crippen LogP contribution is -2.35. The van der Waals surface area contributed by atoms with Gasteiger partial charge in [-0.15, -0.1) is 0 Å². The molecular weight excluding hydrogens is 362 g/mol. The van der Waals surface area contributed by atoms with Crippen molar-refractivity contribution in [2.45, 2.75) is 63.9 Å². The minimum atomic E-state index is -1.22. The van der Waals surface area contributed by atoms with Crippen molar-refractivity contribution >= 4 is 21.9 Å². The zero-order valence-corrected chi connectivity index (χ0v) is 18.0. The Morgan fingerprint density at radius 1 is 1.33 bits per heavy atom. The molecule has 1 N–H and O–H groups in total. The average molecular weight is 392 g/mol. The molecule has 0 radical (unpaired) electrons. The first-order chi connectivity index (χ1) is 12.5. The van der Waals surface area contributed by atoms with Gasteiger partial charge >= 0.3 is 0 Å². The summed E-state index contributed by atoms with van der Waals surface area (Å²) in [5.74, 6) is 0.664. The number of hydrogen-bond donors (Lipinski definition) is 1. The molecule has 0 saturated heterocycles. The van der Waals surface area contributed by atoms with Crippen LogP contribution in [-0.4, -0.2) is 25.6 Å². The summed E-state index contributed by atoms with van der Waals surface area (Å²) in [6, 6.07) is 3.68. The molecule has 1 fully saturated rings. The molecule has 27 heavy (non-hydrogen) atoms. The van der Waals surface area contributed by atoms with Crippen LogP contribution in [0.2, 0.25) is 0 Å². The zero-order valence-electron chi connectivity index (χ0n) is 17.2. The molecular formula is C20H29N3O3S. The van der Waals surface area contributed by atoms with Crippen molar-refractivity contribution in [3.05, 3.63) is 39.4 Å². The predicted molar refractivity (Wildman–Crippen MR) is 109 cm³/mol. The van der Waals surface area contributed by atoms with E-state index in [0.717, 1.165) is 24.0 Å². The van der Waals surface area contributed by atoms with Crippen LogP contribution < -0.4 is 10.3 Å². The molecule has 1 heterocycles. The first kappa shape index (κ1) is 20.2. The van der Waals surface area contributed by atoms with E-state index in [1.807, 2.05) is 46.8 Å². The fraction of sp³-hybridized carbons (Fsp3) is 0.600. The summed E-state index contributed by atoms with van der Waals surface area (Å²) in [5.41, 5.74) is 1.98. The topological polar surface area (TPSA) is 73.2 Å². The van der Waals surface area contributed by atoms with Crippen LogP contribution in [0.3, 0.4) is 0 Å². The Kier molecular flexibility index (Phi) is 5.08. The van der Waals surface area contributed by atoms with Crippen LogP contribution in [0, 0.1) is 6.92 Å². The second-order valence-electron chi connectivity index (χ2n) is 8.47. The first-order valence-corrected chi connectivity index (χ1v) is 10.4. The highest BCUT2D eigenvalue weighted by molar-refractivity contribution is 7.84. The lowest BCUT2D eigenvalue weighted by Gasteiger charge is -2.24. The average Bonchev–Trinajstić information content (AvgIpc) is 3.38. The molecule has 0 spiro atoms. The Bertz CT molecular complexity index is 971. The second-order valence-corrected chi connectivity index (χ2v) is 10.5. The third-order valence-electron chi connectivity index (χ3n) is 5.16. The lowest BCUT2D eigenvalue weighted by atomic mass is 10.0. The van der Waals surface area contributed by atoms with Gasteiger partial charge < -0.3 is 4.74 Å². The summed E-state index contributed by atoms with van der Waals surface area (Å²) in [4.78, 5) is 17.9. The highest BCUT2D eigenvalue weighted by Gasteiger charge is 2.48. The number of aryl methyl sites for hydroxylation is 1. The SMILES string of the molecule is COC1(c2nc3c([C@@H](C)N[S@](=O)C(C)(C)C)cc(C)cc3c(=O)n2C)CC1. The Hall–Kier alpha value is -1.57. The lowest BCUT2D eigenvalue weighted by molar-refractivity contribution is 0.0678. The molecule has 7 heteroatoms. The van der Waals surface area contributed by atoms with Gasteiger partial charge in [0.25, 0.3) is 5.56 Å². The molecule has 0 unspecified atom stereocenters. The Balaban J connectivity index is 2.18. The van der Waals surface area contributed by atoms with Crippen molar-refractivity contribution in [2.24, 2.45) is 7.05 Å². The predicted octanol–water partition coefficient (Wildman–Crippen LogP) is 2.99. The number of nitrogens with zero attached hydrogens (tertiary/aromatic N) is 2. The van der Waals surface area contributed by atoms with Crippen LogP contribution in [0.15, 0.2) is 16.9 Å². The molecule has 0 bridgehead atoms. The molecule has 1 aliphatic carbocycles. The van der Waals surface area contributed by atoms with Crippen molar-refractivity contribution in [3.63, 3.8) is 0 Å². The van der Waals surface area contributed by atoms with Crippen LogP contribution in [0.1, 0.15) is 63.5 Å². The van der Waals surface area contributed by atoms with Gasteiger partial charge in [-0.1, -0.05) is 6.07 Å². The maximum absolute atomic E-state index is 13.0. The van der Waals surface area contributed by atoms with Gasteiger partial charge in [0.05, 0.1) is 26.6 Å². The van der Waals surface area contributed by atoms with E-state index >= 15 is 0 Å². The fourth-order valence-corrected chi connectivity index (χ4v) is 4.12. The Labute approximate surface area is 162 Å². The standard InChI is InChI=1S/C20H29N3O3S/c1-12-10-14(13(2)22-27(25)19(3,4)5)16-15(11-12)17(24)23(6)18(21-16)20(26-7)8-9-20/h10-11,13,22H,8-9H2,1-7H3/t13-,27-/m1/s1. The van der Waals surface area contributed by atoms with Gasteiger partial charge in [0.2, 0.25) is 0 Å². The van der Waals surface area contributed by atoms with E-state index in [1.54, 1.807) is 18.7 Å². The van der Waals surface area contributed by atoms with Crippen molar-refractivity contribution in [2.75, 3.05) is 7.11 Å². The number of methoxy groups -OCH3 is 1.